The van der Waals surface area contributed by atoms with Crippen molar-refractivity contribution >= 4 is 17.5 Å². The van der Waals surface area contributed by atoms with Gasteiger partial charge in [-0.05, 0) is 12.1 Å². The van der Waals surface area contributed by atoms with Crippen molar-refractivity contribution in [3.8, 4) is 0 Å². The minimum atomic E-state index is -1.01. The number of aromatic nitrogens is 1. The van der Waals surface area contributed by atoms with Crippen LogP contribution in [0.15, 0.2) is 18.3 Å². The second-order valence-electron chi connectivity index (χ2n) is 4.76. The fraction of sp³-hybridized carbons (Fsp3) is 0.455. The van der Waals surface area contributed by atoms with Crippen LogP contribution in [0.5, 0.6) is 0 Å². The van der Waals surface area contributed by atoms with Crippen LogP contribution in [0.25, 0.3) is 0 Å². The molecule has 4 rings (SSSR count). The Balaban J connectivity index is 1.73. The molecule has 0 aliphatic heterocycles. The third-order valence-electron chi connectivity index (χ3n) is 3.35. The Morgan fingerprint density at radius 2 is 2.19 bits per heavy atom. The first-order chi connectivity index (χ1) is 7.52. The average molecular weight is 241 g/mol. The molecule has 3 aliphatic rings. The zero-order valence-electron chi connectivity index (χ0n) is 8.46. The molecule has 1 amide bonds. The highest BCUT2D eigenvalue weighted by atomic mass is 35.5. The van der Waals surface area contributed by atoms with E-state index in [-0.39, 0.29) is 16.6 Å². The predicted octanol–water partition coefficient (Wildman–Crippen LogP) is 2.11. The number of hydrogen-bond donors (Lipinski definition) is 1. The minimum absolute atomic E-state index is 0.182. The second-order valence-corrected chi connectivity index (χ2v) is 5.12. The summed E-state index contributed by atoms with van der Waals surface area (Å²) >= 11 is 5.80. The highest BCUT2D eigenvalue weighted by Gasteiger charge is 2.69. The number of pyridine rings is 1. The van der Waals surface area contributed by atoms with Crippen molar-refractivity contribution in [1.29, 1.82) is 0 Å². The number of nitrogens with zero attached hydrogens (tertiary/aromatic N) is 1. The lowest BCUT2D eigenvalue weighted by molar-refractivity contribution is -0.162. The van der Waals surface area contributed by atoms with Crippen LogP contribution in [-0.2, 0) is 0 Å². The molecular weight excluding hydrogens is 231 g/mol. The van der Waals surface area contributed by atoms with Gasteiger partial charge in [-0.2, -0.15) is 0 Å². The highest BCUT2D eigenvalue weighted by molar-refractivity contribution is 6.32. The second kappa shape index (κ2) is 2.94. The van der Waals surface area contributed by atoms with Gasteiger partial charge in [0.05, 0.1) is 5.56 Å². The van der Waals surface area contributed by atoms with E-state index < -0.39 is 5.67 Å². The third-order valence-corrected chi connectivity index (χ3v) is 3.65. The van der Waals surface area contributed by atoms with Gasteiger partial charge in [-0.15, -0.1) is 0 Å². The molecule has 1 aromatic rings. The van der Waals surface area contributed by atoms with Crippen LogP contribution in [0.1, 0.15) is 29.6 Å². The van der Waals surface area contributed by atoms with Crippen molar-refractivity contribution in [1.82, 2.24) is 10.3 Å². The van der Waals surface area contributed by atoms with E-state index in [4.69, 9.17) is 11.6 Å². The largest absolute Gasteiger partial charge is 0.346 e. The number of rotatable bonds is 2. The molecule has 3 nitrogen and oxygen atoms in total. The van der Waals surface area contributed by atoms with Crippen molar-refractivity contribution in [3.05, 3.63) is 29.0 Å². The quantitative estimate of drug-likeness (QED) is 0.805. The van der Waals surface area contributed by atoms with E-state index in [0.29, 0.717) is 24.8 Å². The van der Waals surface area contributed by atoms with Crippen LogP contribution < -0.4 is 5.32 Å². The molecule has 1 N–H and O–H groups in total. The fourth-order valence-electron chi connectivity index (χ4n) is 2.66. The molecule has 16 heavy (non-hydrogen) atoms. The highest BCUT2D eigenvalue weighted by Crippen LogP contribution is 2.62. The zero-order valence-corrected chi connectivity index (χ0v) is 9.22. The van der Waals surface area contributed by atoms with Gasteiger partial charge in [-0.3, -0.25) is 4.79 Å². The first kappa shape index (κ1) is 10.0. The van der Waals surface area contributed by atoms with Crippen LogP contribution in [0, 0.1) is 0 Å². The lowest BCUT2D eigenvalue weighted by Gasteiger charge is -2.65. The molecule has 0 atom stereocenters. The number of amides is 1. The van der Waals surface area contributed by atoms with Crippen LogP contribution in [0.4, 0.5) is 4.39 Å². The summed E-state index contributed by atoms with van der Waals surface area (Å²) in [5.74, 6) is -0.264. The van der Waals surface area contributed by atoms with Gasteiger partial charge in [0.15, 0.2) is 0 Å². The number of hydrogen-bond acceptors (Lipinski definition) is 2. The number of nitrogens with one attached hydrogen (secondary N) is 1. The Bertz CT molecular complexity index is 457. The van der Waals surface area contributed by atoms with Gasteiger partial charge in [0, 0.05) is 31.0 Å². The van der Waals surface area contributed by atoms with Gasteiger partial charge >= 0.3 is 0 Å². The Kier molecular flexibility index (Phi) is 1.84. The van der Waals surface area contributed by atoms with E-state index in [9.17, 15) is 9.18 Å². The molecular formula is C11H10ClFN2O. The molecule has 5 heteroatoms. The fourth-order valence-corrected chi connectivity index (χ4v) is 2.87. The van der Waals surface area contributed by atoms with E-state index in [2.05, 4.69) is 10.3 Å². The van der Waals surface area contributed by atoms with Crippen LogP contribution in [0.2, 0.25) is 5.15 Å². The van der Waals surface area contributed by atoms with Crippen LogP contribution in [-0.4, -0.2) is 22.1 Å². The molecule has 3 fully saturated rings. The molecule has 84 valence electrons. The Morgan fingerprint density at radius 3 is 2.75 bits per heavy atom. The normalized spacial score (nSPS) is 34.9. The van der Waals surface area contributed by atoms with E-state index in [0.717, 1.165) is 0 Å². The summed E-state index contributed by atoms with van der Waals surface area (Å²) in [7, 11) is 0. The van der Waals surface area contributed by atoms with Gasteiger partial charge in [0.25, 0.3) is 5.91 Å². The van der Waals surface area contributed by atoms with Gasteiger partial charge < -0.3 is 5.32 Å². The van der Waals surface area contributed by atoms with Gasteiger partial charge in [0.2, 0.25) is 0 Å². The topological polar surface area (TPSA) is 42.0 Å². The Morgan fingerprint density at radius 1 is 1.50 bits per heavy atom. The Hall–Kier alpha value is -1.16. The van der Waals surface area contributed by atoms with Crippen LogP contribution in [0.3, 0.4) is 0 Å². The number of carbonyl (C=O) groups is 1. The molecule has 0 spiro atoms. The lowest BCUT2D eigenvalue weighted by Crippen LogP contribution is -2.76. The third kappa shape index (κ3) is 1.33. The minimum Gasteiger partial charge on any atom is -0.346 e. The van der Waals surface area contributed by atoms with Crippen molar-refractivity contribution in [2.24, 2.45) is 0 Å². The van der Waals surface area contributed by atoms with E-state index >= 15 is 0 Å². The standard InChI is InChI=1S/C11H10ClFN2O/c12-8-7(2-1-3-14-8)9(16)15-11-4-10(13,5-11)6-11/h1-3H,4-6H2,(H,15,16). The summed E-state index contributed by atoms with van der Waals surface area (Å²) in [6, 6.07) is 3.26. The SMILES string of the molecule is O=C(NC12CC(F)(C1)C2)c1cccnc1Cl. The number of alkyl halides is 1. The summed E-state index contributed by atoms with van der Waals surface area (Å²) < 4.78 is 13.3. The first-order valence-electron chi connectivity index (χ1n) is 5.14. The molecule has 0 saturated heterocycles. The van der Waals surface area contributed by atoms with Crippen molar-refractivity contribution in [2.45, 2.75) is 30.5 Å². The summed E-state index contributed by atoms with van der Waals surface area (Å²) in [5.41, 5.74) is -0.974. The lowest BCUT2D eigenvalue weighted by atomic mass is 9.47. The molecule has 3 aliphatic carbocycles. The maximum absolute atomic E-state index is 13.3. The van der Waals surface area contributed by atoms with E-state index in [1.54, 1.807) is 12.1 Å². The molecule has 1 heterocycles. The van der Waals surface area contributed by atoms with E-state index in [1.807, 2.05) is 0 Å². The summed E-state index contributed by atoms with van der Waals surface area (Å²) in [6.45, 7) is 0. The Labute approximate surface area is 97.0 Å². The first-order valence-corrected chi connectivity index (χ1v) is 5.52. The summed E-state index contributed by atoms with van der Waals surface area (Å²) in [6.07, 6.45) is 2.83. The maximum atomic E-state index is 13.3. The van der Waals surface area contributed by atoms with E-state index in [1.165, 1.54) is 6.20 Å². The average Bonchev–Trinajstić information content (AvgIpc) is 2.14. The molecule has 1 aromatic heterocycles. The smallest absolute Gasteiger partial charge is 0.254 e. The van der Waals surface area contributed by atoms with Gasteiger partial charge in [-0.25, -0.2) is 9.37 Å². The molecule has 0 radical (unpaired) electrons. The van der Waals surface area contributed by atoms with Crippen molar-refractivity contribution in [3.63, 3.8) is 0 Å². The van der Waals surface area contributed by atoms with Gasteiger partial charge in [-0.1, -0.05) is 11.6 Å². The van der Waals surface area contributed by atoms with Crippen molar-refractivity contribution < 1.29 is 9.18 Å². The molecule has 0 aromatic carbocycles. The number of halogens is 2. The predicted molar refractivity (Wildman–Crippen MR) is 57.1 cm³/mol. The zero-order chi connectivity index (χ0) is 11.4. The molecule has 2 bridgehead atoms. The molecule has 3 saturated carbocycles. The summed E-state index contributed by atoms with van der Waals surface area (Å²) in [4.78, 5) is 15.7. The van der Waals surface area contributed by atoms with Crippen LogP contribution >= 0.6 is 11.6 Å². The monoisotopic (exact) mass is 240 g/mol. The maximum Gasteiger partial charge on any atom is 0.254 e. The molecule has 0 unspecified atom stereocenters. The summed E-state index contributed by atoms with van der Waals surface area (Å²) in [5, 5.41) is 3.02. The number of carbonyl (C=O) groups excluding carboxylic acids is 1. The van der Waals surface area contributed by atoms with Crippen molar-refractivity contribution in [2.75, 3.05) is 0 Å². The van der Waals surface area contributed by atoms with Gasteiger partial charge in [0.1, 0.15) is 10.8 Å².